The number of aliphatic carboxylic acids is 1. The molecule has 1 saturated heterocycles. The molecule has 0 bridgehead atoms. The molecule has 0 saturated carbocycles. The van der Waals surface area contributed by atoms with E-state index in [1.807, 2.05) is 0 Å². The summed E-state index contributed by atoms with van der Waals surface area (Å²) in [6, 6.07) is 6.13. The number of benzene rings is 1. The lowest BCUT2D eigenvalue weighted by molar-refractivity contribution is -0.142. The van der Waals surface area contributed by atoms with Crippen molar-refractivity contribution in [3.8, 4) is 5.75 Å². The van der Waals surface area contributed by atoms with E-state index >= 15 is 0 Å². The normalized spacial score (nSPS) is 17.9. The zero-order chi connectivity index (χ0) is 19.2. The Bertz CT molecular complexity index is 803. The molecule has 144 valence electrons. The van der Waals surface area contributed by atoms with E-state index in [1.54, 1.807) is 6.07 Å². The van der Waals surface area contributed by atoms with E-state index in [1.165, 1.54) is 24.3 Å². The first-order valence-electron chi connectivity index (χ1n) is 8.49. The lowest BCUT2D eigenvalue weighted by Gasteiger charge is -2.27. The lowest BCUT2D eigenvalue weighted by Crippen LogP contribution is -2.48. The Morgan fingerprint density at radius 1 is 1.41 bits per heavy atom. The SMILES string of the molecule is O=C(NC(C(=O)O)C1CCCOC1)c1cc(COc2ccccc2F)on1. The molecule has 1 aromatic carbocycles. The van der Waals surface area contributed by atoms with Crippen molar-refractivity contribution in [3.05, 3.63) is 47.6 Å². The van der Waals surface area contributed by atoms with Crippen LogP contribution < -0.4 is 10.1 Å². The minimum atomic E-state index is -1.13. The smallest absolute Gasteiger partial charge is 0.326 e. The van der Waals surface area contributed by atoms with Crippen molar-refractivity contribution in [3.63, 3.8) is 0 Å². The van der Waals surface area contributed by atoms with Gasteiger partial charge in [-0.3, -0.25) is 4.79 Å². The fraction of sp³-hybridized carbons (Fsp3) is 0.389. The van der Waals surface area contributed by atoms with Gasteiger partial charge in [-0.25, -0.2) is 9.18 Å². The van der Waals surface area contributed by atoms with Crippen LogP contribution in [0, 0.1) is 11.7 Å². The molecule has 9 heteroatoms. The summed E-state index contributed by atoms with van der Waals surface area (Å²) in [7, 11) is 0. The molecule has 1 amide bonds. The summed E-state index contributed by atoms with van der Waals surface area (Å²) in [4.78, 5) is 23.8. The molecule has 2 N–H and O–H groups in total. The number of amides is 1. The van der Waals surface area contributed by atoms with Crippen molar-refractivity contribution in [2.75, 3.05) is 13.2 Å². The van der Waals surface area contributed by atoms with Gasteiger partial charge in [-0.1, -0.05) is 17.3 Å². The molecule has 1 aliphatic rings. The van der Waals surface area contributed by atoms with Gasteiger partial charge < -0.3 is 24.4 Å². The minimum absolute atomic E-state index is 0.0446. The quantitative estimate of drug-likeness (QED) is 0.758. The fourth-order valence-corrected chi connectivity index (χ4v) is 2.82. The zero-order valence-electron chi connectivity index (χ0n) is 14.4. The topological polar surface area (TPSA) is 111 Å². The molecule has 1 fully saturated rings. The highest BCUT2D eigenvalue weighted by atomic mass is 19.1. The van der Waals surface area contributed by atoms with Crippen molar-refractivity contribution >= 4 is 11.9 Å². The van der Waals surface area contributed by atoms with Gasteiger partial charge in [0.15, 0.2) is 23.0 Å². The Morgan fingerprint density at radius 2 is 2.22 bits per heavy atom. The number of carboxylic acids is 1. The number of carbonyl (C=O) groups excluding carboxylic acids is 1. The number of halogens is 1. The van der Waals surface area contributed by atoms with Crippen molar-refractivity contribution in [2.24, 2.45) is 5.92 Å². The second-order valence-corrected chi connectivity index (χ2v) is 6.16. The summed E-state index contributed by atoms with van der Waals surface area (Å²) >= 11 is 0. The highest BCUT2D eigenvalue weighted by molar-refractivity contribution is 5.95. The molecular formula is C18H19FN2O6. The van der Waals surface area contributed by atoms with Gasteiger partial charge in [-0.15, -0.1) is 0 Å². The van der Waals surface area contributed by atoms with E-state index < -0.39 is 23.7 Å². The molecule has 8 nitrogen and oxygen atoms in total. The number of hydrogen-bond acceptors (Lipinski definition) is 6. The average Bonchev–Trinajstić information content (AvgIpc) is 3.15. The third-order valence-corrected chi connectivity index (χ3v) is 4.22. The highest BCUT2D eigenvalue weighted by Crippen LogP contribution is 2.19. The average molecular weight is 378 g/mol. The highest BCUT2D eigenvalue weighted by Gasteiger charge is 2.32. The number of carbonyl (C=O) groups is 2. The van der Waals surface area contributed by atoms with Gasteiger partial charge in [-0.2, -0.15) is 0 Å². The summed E-state index contributed by atoms with van der Waals surface area (Å²) in [5.41, 5.74) is -0.0786. The summed E-state index contributed by atoms with van der Waals surface area (Å²) in [6.07, 6.45) is 1.39. The number of nitrogens with zero attached hydrogens (tertiary/aromatic N) is 1. The van der Waals surface area contributed by atoms with E-state index in [4.69, 9.17) is 14.0 Å². The van der Waals surface area contributed by atoms with Crippen LogP contribution in [0.2, 0.25) is 0 Å². The van der Waals surface area contributed by atoms with Crippen molar-refractivity contribution in [1.82, 2.24) is 10.5 Å². The number of nitrogens with one attached hydrogen (secondary N) is 1. The van der Waals surface area contributed by atoms with E-state index in [0.717, 1.165) is 6.42 Å². The van der Waals surface area contributed by atoms with Crippen LogP contribution in [0.5, 0.6) is 5.75 Å². The zero-order valence-corrected chi connectivity index (χ0v) is 14.4. The van der Waals surface area contributed by atoms with Gasteiger partial charge in [0.2, 0.25) is 0 Å². The predicted molar refractivity (Wildman–Crippen MR) is 89.7 cm³/mol. The molecule has 2 heterocycles. The Morgan fingerprint density at radius 3 is 2.93 bits per heavy atom. The van der Waals surface area contributed by atoms with Crippen LogP contribution in [0.3, 0.4) is 0 Å². The molecule has 0 aliphatic carbocycles. The molecule has 2 atom stereocenters. The molecule has 2 aromatic rings. The Balaban J connectivity index is 1.60. The summed E-state index contributed by atoms with van der Waals surface area (Å²) in [5.74, 6) is -2.39. The Labute approximate surface area is 154 Å². The van der Waals surface area contributed by atoms with Crippen molar-refractivity contribution in [2.45, 2.75) is 25.5 Å². The van der Waals surface area contributed by atoms with E-state index in [0.29, 0.717) is 13.0 Å². The second-order valence-electron chi connectivity index (χ2n) is 6.16. The number of para-hydroxylation sites is 1. The maximum absolute atomic E-state index is 13.5. The molecule has 27 heavy (non-hydrogen) atoms. The van der Waals surface area contributed by atoms with Crippen molar-refractivity contribution < 1.29 is 33.1 Å². The molecule has 1 aromatic heterocycles. The summed E-state index contributed by atoms with van der Waals surface area (Å²) in [5, 5.41) is 15.5. The van der Waals surface area contributed by atoms with E-state index in [2.05, 4.69) is 10.5 Å². The minimum Gasteiger partial charge on any atom is -0.482 e. The maximum Gasteiger partial charge on any atom is 0.326 e. The first-order valence-corrected chi connectivity index (χ1v) is 8.49. The monoisotopic (exact) mass is 378 g/mol. The molecular weight excluding hydrogens is 359 g/mol. The van der Waals surface area contributed by atoms with Gasteiger partial charge in [0.1, 0.15) is 12.6 Å². The van der Waals surface area contributed by atoms with Gasteiger partial charge >= 0.3 is 5.97 Å². The third kappa shape index (κ3) is 4.82. The predicted octanol–water partition coefficient (Wildman–Crippen LogP) is 2.00. The number of aromatic nitrogens is 1. The first-order chi connectivity index (χ1) is 13.0. The fourth-order valence-electron chi connectivity index (χ4n) is 2.82. The first kappa shape index (κ1) is 18.8. The van der Waals surface area contributed by atoms with Crippen LogP contribution in [0.15, 0.2) is 34.9 Å². The number of rotatable bonds is 7. The largest absolute Gasteiger partial charge is 0.482 e. The summed E-state index contributed by atoms with van der Waals surface area (Å²) < 4.78 is 29.1. The van der Waals surface area contributed by atoms with Crippen LogP contribution in [0.4, 0.5) is 4.39 Å². The Kier molecular flexibility index (Phi) is 6.02. The van der Waals surface area contributed by atoms with Gasteiger partial charge in [0.25, 0.3) is 5.91 Å². The molecule has 0 radical (unpaired) electrons. The summed E-state index contributed by atoms with van der Waals surface area (Å²) in [6.45, 7) is 0.739. The lowest BCUT2D eigenvalue weighted by atomic mass is 9.93. The van der Waals surface area contributed by atoms with Gasteiger partial charge in [-0.05, 0) is 25.0 Å². The molecule has 1 aliphatic heterocycles. The third-order valence-electron chi connectivity index (χ3n) is 4.22. The molecule has 2 unspecified atom stereocenters. The number of carboxylic acid groups (broad SMARTS) is 1. The van der Waals surface area contributed by atoms with Gasteiger partial charge in [0, 0.05) is 18.6 Å². The second kappa shape index (κ2) is 8.63. The standard InChI is InChI=1S/C18H19FN2O6/c19-13-5-1-2-6-15(13)26-10-12-8-14(21-27-12)17(22)20-16(18(23)24)11-4-3-7-25-9-11/h1-2,5-6,8,11,16H,3-4,7,9-10H2,(H,20,22)(H,23,24). The van der Waals surface area contributed by atoms with Crippen LogP contribution >= 0.6 is 0 Å². The van der Waals surface area contributed by atoms with Crippen LogP contribution in [-0.2, 0) is 16.1 Å². The number of ether oxygens (including phenoxy) is 2. The Hall–Kier alpha value is -2.94. The van der Waals surface area contributed by atoms with Crippen molar-refractivity contribution in [1.29, 1.82) is 0 Å². The molecule has 0 spiro atoms. The van der Waals surface area contributed by atoms with Gasteiger partial charge in [0.05, 0.1) is 6.61 Å². The molecule has 3 rings (SSSR count). The van der Waals surface area contributed by atoms with Crippen LogP contribution in [0.25, 0.3) is 0 Å². The number of hydrogen-bond donors (Lipinski definition) is 2. The van der Waals surface area contributed by atoms with E-state index in [-0.39, 0.29) is 36.3 Å². The maximum atomic E-state index is 13.5. The van der Waals surface area contributed by atoms with Crippen LogP contribution in [-0.4, -0.2) is 41.4 Å². The van der Waals surface area contributed by atoms with E-state index in [9.17, 15) is 19.1 Å². The van der Waals surface area contributed by atoms with Crippen LogP contribution in [0.1, 0.15) is 29.1 Å².